The number of likely N-dealkylation sites (tertiary alicyclic amines) is 1. The van der Waals surface area contributed by atoms with E-state index in [2.05, 4.69) is 20.0 Å². The van der Waals surface area contributed by atoms with Crippen molar-refractivity contribution in [3.63, 3.8) is 0 Å². The minimum Gasteiger partial charge on any atom is -0.355 e. The molecule has 6 heteroatoms. The highest BCUT2D eigenvalue weighted by Crippen LogP contribution is 2.24. The average molecular weight is 323 g/mol. The number of aromatic nitrogens is 2. The summed E-state index contributed by atoms with van der Waals surface area (Å²) in [5.74, 6) is 1.39. The lowest BCUT2D eigenvalue weighted by atomic mass is 9.95. The van der Waals surface area contributed by atoms with Gasteiger partial charge in [0.1, 0.15) is 0 Å². The van der Waals surface area contributed by atoms with E-state index in [1.165, 1.54) is 12.8 Å². The zero-order valence-corrected chi connectivity index (χ0v) is 13.6. The summed E-state index contributed by atoms with van der Waals surface area (Å²) >= 11 is 5.77. The van der Waals surface area contributed by atoms with Crippen LogP contribution in [0.25, 0.3) is 0 Å². The quantitative estimate of drug-likeness (QED) is 0.840. The molecule has 1 aromatic rings. The second-order valence-corrected chi connectivity index (χ2v) is 6.60. The Morgan fingerprint density at radius 1 is 1.00 bits per heavy atom. The molecular formula is C16H23ClN4O. The second-order valence-electron chi connectivity index (χ2n) is 6.22. The Morgan fingerprint density at radius 2 is 1.68 bits per heavy atom. The normalized spacial score (nSPS) is 20.8. The first kappa shape index (κ1) is 15.5. The number of carbonyl (C=O) groups excluding carboxylic acids is 1. The largest absolute Gasteiger partial charge is 0.355 e. The molecule has 0 saturated carbocycles. The molecule has 3 rings (SSSR count). The highest BCUT2D eigenvalue weighted by atomic mass is 35.5. The standard InChI is InChI=1S/C16H23ClN4O/c17-14-5-6-15(19-18-14)20-11-7-13(8-12-20)16(22)21-9-3-1-2-4-10-21/h5-6,13H,1-4,7-12H2. The second kappa shape index (κ2) is 7.27. The van der Waals surface area contributed by atoms with Crippen LogP contribution in [-0.2, 0) is 4.79 Å². The van der Waals surface area contributed by atoms with E-state index in [9.17, 15) is 4.79 Å². The number of carbonyl (C=O) groups is 1. The summed E-state index contributed by atoms with van der Waals surface area (Å²) in [5.41, 5.74) is 0. The maximum Gasteiger partial charge on any atom is 0.225 e. The monoisotopic (exact) mass is 322 g/mol. The maximum atomic E-state index is 12.7. The van der Waals surface area contributed by atoms with E-state index in [1.807, 2.05) is 6.07 Å². The van der Waals surface area contributed by atoms with Crippen molar-refractivity contribution in [3.05, 3.63) is 17.3 Å². The first-order valence-electron chi connectivity index (χ1n) is 8.27. The van der Waals surface area contributed by atoms with Gasteiger partial charge in [-0.3, -0.25) is 4.79 Å². The van der Waals surface area contributed by atoms with Crippen LogP contribution in [0.1, 0.15) is 38.5 Å². The van der Waals surface area contributed by atoms with Crippen molar-refractivity contribution in [2.75, 3.05) is 31.1 Å². The van der Waals surface area contributed by atoms with Crippen molar-refractivity contribution in [2.45, 2.75) is 38.5 Å². The minimum atomic E-state index is 0.176. The fourth-order valence-corrected chi connectivity index (χ4v) is 3.48. The number of anilines is 1. The molecule has 2 aliphatic heterocycles. The van der Waals surface area contributed by atoms with E-state index in [0.29, 0.717) is 11.1 Å². The molecule has 0 bridgehead atoms. The molecule has 120 valence electrons. The Bertz CT molecular complexity index is 491. The Kier molecular flexibility index (Phi) is 5.13. The van der Waals surface area contributed by atoms with Crippen molar-refractivity contribution < 1.29 is 4.79 Å². The highest BCUT2D eigenvalue weighted by Gasteiger charge is 2.29. The van der Waals surface area contributed by atoms with Gasteiger partial charge in [0, 0.05) is 32.1 Å². The zero-order chi connectivity index (χ0) is 15.4. The van der Waals surface area contributed by atoms with Crippen LogP contribution in [0.3, 0.4) is 0 Å². The van der Waals surface area contributed by atoms with Gasteiger partial charge in [0.15, 0.2) is 11.0 Å². The lowest BCUT2D eigenvalue weighted by molar-refractivity contribution is -0.136. The van der Waals surface area contributed by atoms with E-state index in [4.69, 9.17) is 11.6 Å². The van der Waals surface area contributed by atoms with Crippen LogP contribution in [0.5, 0.6) is 0 Å². The topological polar surface area (TPSA) is 49.3 Å². The van der Waals surface area contributed by atoms with E-state index in [1.54, 1.807) is 6.07 Å². The van der Waals surface area contributed by atoms with Gasteiger partial charge in [-0.1, -0.05) is 24.4 Å². The van der Waals surface area contributed by atoms with Gasteiger partial charge in [-0.25, -0.2) is 0 Å². The minimum absolute atomic E-state index is 0.176. The van der Waals surface area contributed by atoms with Gasteiger partial charge < -0.3 is 9.80 Å². The molecule has 0 unspecified atom stereocenters. The van der Waals surface area contributed by atoms with Crippen LogP contribution in [0.2, 0.25) is 5.15 Å². The van der Waals surface area contributed by atoms with Crippen molar-refractivity contribution >= 4 is 23.3 Å². The Morgan fingerprint density at radius 3 is 2.27 bits per heavy atom. The molecule has 0 N–H and O–H groups in total. The molecule has 5 nitrogen and oxygen atoms in total. The summed E-state index contributed by atoms with van der Waals surface area (Å²) in [7, 11) is 0. The van der Waals surface area contributed by atoms with E-state index in [0.717, 1.165) is 57.7 Å². The fourth-order valence-electron chi connectivity index (χ4n) is 3.38. The van der Waals surface area contributed by atoms with Crippen molar-refractivity contribution in [1.29, 1.82) is 0 Å². The number of rotatable bonds is 2. The molecule has 2 aliphatic rings. The molecule has 2 saturated heterocycles. The summed E-state index contributed by atoms with van der Waals surface area (Å²) in [6, 6.07) is 3.66. The molecule has 0 aromatic carbocycles. The smallest absolute Gasteiger partial charge is 0.225 e. The van der Waals surface area contributed by atoms with Gasteiger partial charge in [-0.15, -0.1) is 10.2 Å². The molecule has 2 fully saturated rings. The summed E-state index contributed by atoms with van der Waals surface area (Å²) in [6.45, 7) is 3.62. The van der Waals surface area contributed by atoms with Crippen molar-refractivity contribution in [1.82, 2.24) is 15.1 Å². The summed E-state index contributed by atoms with van der Waals surface area (Å²) < 4.78 is 0. The van der Waals surface area contributed by atoms with Gasteiger partial charge in [0.05, 0.1) is 0 Å². The Balaban J connectivity index is 1.54. The van der Waals surface area contributed by atoms with Crippen molar-refractivity contribution in [2.24, 2.45) is 5.92 Å². The highest BCUT2D eigenvalue weighted by molar-refractivity contribution is 6.29. The molecule has 1 aromatic heterocycles. The van der Waals surface area contributed by atoms with Crippen LogP contribution in [-0.4, -0.2) is 47.2 Å². The first-order chi connectivity index (χ1) is 10.7. The zero-order valence-electron chi connectivity index (χ0n) is 12.9. The van der Waals surface area contributed by atoms with Crippen LogP contribution < -0.4 is 4.90 Å². The predicted molar refractivity (Wildman–Crippen MR) is 87.0 cm³/mol. The molecule has 1 amide bonds. The van der Waals surface area contributed by atoms with Crippen molar-refractivity contribution in [3.8, 4) is 0 Å². The van der Waals surface area contributed by atoms with Crippen LogP contribution in [0.4, 0.5) is 5.82 Å². The van der Waals surface area contributed by atoms with Crippen LogP contribution in [0, 0.1) is 5.92 Å². The molecular weight excluding hydrogens is 300 g/mol. The molecule has 3 heterocycles. The van der Waals surface area contributed by atoms with Gasteiger partial charge in [-0.2, -0.15) is 0 Å². The SMILES string of the molecule is O=C(C1CCN(c2ccc(Cl)nn2)CC1)N1CCCCCC1. The van der Waals surface area contributed by atoms with E-state index in [-0.39, 0.29) is 5.92 Å². The molecule has 0 aliphatic carbocycles. The maximum absolute atomic E-state index is 12.7. The van der Waals surface area contributed by atoms with Crippen LogP contribution >= 0.6 is 11.6 Å². The first-order valence-corrected chi connectivity index (χ1v) is 8.65. The van der Waals surface area contributed by atoms with Gasteiger partial charge in [0.25, 0.3) is 0 Å². The molecule has 0 radical (unpaired) electrons. The van der Waals surface area contributed by atoms with E-state index >= 15 is 0 Å². The predicted octanol–water partition coefficient (Wildman–Crippen LogP) is 2.75. The third-order valence-corrected chi connectivity index (χ3v) is 4.91. The molecule has 0 atom stereocenters. The molecule has 22 heavy (non-hydrogen) atoms. The molecule has 0 spiro atoms. The summed E-state index contributed by atoms with van der Waals surface area (Å²) in [4.78, 5) is 16.9. The number of amides is 1. The van der Waals surface area contributed by atoms with Gasteiger partial charge >= 0.3 is 0 Å². The van der Waals surface area contributed by atoms with Gasteiger partial charge in [-0.05, 0) is 37.8 Å². The average Bonchev–Trinajstić information content (AvgIpc) is 2.84. The number of hydrogen-bond acceptors (Lipinski definition) is 4. The summed E-state index contributed by atoms with van der Waals surface area (Å²) in [6.07, 6.45) is 6.64. The number of nitrogens with zero attached hydrogens (tertiary/aromatic N) is 4. The fraction of sp³-hybridized carbons (Fsp3) is 0.688. The van der Waals surface area contributed by atoms with E-state index < -0.39 is 0 Å². The third-order valence-electron chi connectivity index (χ3n) is 4.70. The lowest BCUT2D eigenvalue weighted by Gasteiger charge is -2.34. The lowest BCUT2D eigenvalue weighted by Crippen LogP contribution is -2.43. The summed E-state index contributed by atoms with van der Waals surface area (Å²) in [5, 5.41) is 8.43. The van der Waals surface area contributed by atoms with Gasteiger partial charge in [0.2, 0.25) is 5.91 Å². The number of piperidine rings is 1. The number of hydrogen-bond donors (Lipinski definition) is 0. The third kappa shape index (κ3) is 3.69. The van der Waals surface area contributed by atoms with Crippen LogP contribution in [0.15, 0.2) is 12.1 Å². The Hall–Kier alpha value is -1.36. The number of halogens is 1. The Labute approximate surface area is 136 Å².